The van der Waals surface area contributed by atoms with E-state index in [1.54, 1.807) is 6.20 Å². The number of hydrogen-bond donors (Lipinski definition) is 0. The first kappa shape index (κ1) is 14.0. The summed E-state index contributed by atoms with van der Waals surface area (Å²) >= 11 is 3.81. The van der Waals surface area contributed by atoms with Gasteiger partial charge in [0.15, 0.2) is 0 Å². The summed E-state index contributed by atoms with van der Waals surface area (Å²) < 4.78 is 1.99. The highest BCUT2D eigenvalue weighted by atomic mass is 32.2. The van der Waals surface area contributed by atoms with Gasteiger partial charge >= 0.3 is 0 Å². The predicted octanol–water partition coefficient (Wildman–Crippen LogP) is 2.55. The quantitative estimate of drug-likeness (QED) is 0.832. The maximum absolute atomic E-state index is 12.3. The monoisotopic (exact) mass is 284 g/mol. The average Bonchev–Trinajstić information content (AvgIpc) is 2.81. The Kier molecular flexibility index (Phi) is 5.18. The number of carbonyl (C=O) groups excluding carboxylic acids is 1. The van der Waals surface area contributed by atoms with Crippen molar-refractivity contribution in [1.29, 1.82) is 0 Å². The number of ketones is 1. The smallest absolute Gasteiger partial charge is 0.147 e. The molecule has 18 heavy (non-hydrogen) atoms. The Labute approximate surface area is 117 Å². The van der Waals surface area contributed by atoms with Gasteiger partial charge in [-0.2, -0.15) is 11.8 Å². The van der Waals surface area contributed by atoms with E-state index in [-0.39, 0.29) is 5.25 Å². The topological polar surface area (TPSA) is 34.9 Å². The van der Waals surface area contributed by atoms with Crippen molar-refractivity contribution in [3.63, 3.8) is 0 Å². The number of thioether (sulfide) groups is 2. The van der Waals surface area contributed by atoms with Gasteiger partial charge in [-0.1, -0.05) is 6.92 Å². The number of nitrogens with zero attached hydrogens (tertiary/aromatic N) is 2. The molecule has 1 aromatic rings. The SMILES string of the molecule is CCC1SCCSC1C(=O)CCc1nccn1C. The summed E-state index contributed by atoms with van der Waals surface area (Å²) in [5.41, 5.74) is 0. The van der Waals surface area contributed by atoms with E-state index < -0.39 is 0 Å². The molecule has 0 amide bonds. The number of imidazole rings is 1. The zero-order valence-corrected chi connectivity index (χ0v) is 12.6. The van der Waals surface area contributed by atoms with Crippen LogP contribution in [0, 0.1) is 0 Å². The van der Waals surface area contributed by atoms with Gasteiger partial charge in [0.2, 0.25) is 0 Å². The molecule has 0 N–H and O–H groups in total. The van der Waals surface area contributed by atoms with Crippen molar-refractivity contribution in [2.45, 2.75) is 36.7 Å². The van der Waals surface area contributed by atoms with E-state index >= 15 is 0 Å². The number of carbonyl (C=O) groups is 1. The van der Waals surface area contributed by atoms with Crippen molar-refractivity contribution in [2.75, 3.05) is 11.5 Å². The fourth-order valence-electron chi connectivity index (χ4n) is 2.22. The molecular weight excluding hydrogens is 264 g/mol. The van der Waals surface area contributed by atoms with Gasteiger partial charge < -0.3 is 4.57 Å². The van der Waals surface area contributed by atoms with E-state index in [0.29, 0.717) is 17.5 Å². The summed E-state index contributed by atoms with van der Waals surface area (Å²) in [5, 5.41) is 0.714. The highest BCUT2D eigenvalue weighted by Crippen LogP contribution is 2.34. The van der Waals surface area contributed by atoms with Gasteiger partial charge in [0, 0.05) is 49.0 Å². The molecule has 1 aliphatic rings. The van der Waals surface area contributed by atoms with E-state index in [4.69, 9.17) is 0 Å². The molecule has 0 saturated carbocycles. The molecule has 5 heteroatoms. The molecule has 0 aromatic carbocycles. The first-order chi connectivity index (χ1) is 8.72. The van der Waals surface area contributed by atoms with Crippen LogP contribution in [0.4, 0.5) is 0 Å². The summed E-state index contributed by atoms with van der Waals surface area (Å²) in [5.74, 6) is 3.71. The Morgan fingerprint density at radius 2 is 2.28 bits per heavy atom. The number of hydrogen-bond acceptors (Lipinski definition) is 4. The molecule has 0 aliphatic carbocycles. The van der Waals surface area contributed by atoms with Crippen LogP contribution in [0.25, 0.3) is 0 Å². The second kappa shape index (κ2) is 6.66. The molecule has 0 spiro atoms. The van der Waals surface area contributed by atoms with Gasteiger partial charge in [-0.05, 0) is 6.42 Å². The lowest BCUT2D eigenvalue weighted by Crippen LogP contribution is -2.33. The average molecular weight is 284 g/mol. The lowest BCUT2D eigenvalue weighted by molar-refractivity contribution is -0.118. The van der Waals surface area contributed by atoms with E-state index in [1.807, 2.05) is 41.3 Å². The Morgan fingerprint density at radius 1 is 1.50 bits per heavy atom. The molecule has 1 aliphatic heterocycles. The first-order valence-electron chi connectivity index (χ1n) is 6.44. The molecule has 100 valence electrons. The highest BCUT2D eigenvalue weighted by molar-refractivity contribution is 8.07. The normalized spacial score (nSPS) is 24.1. The van der Waals surface area contributed by atoms with Crippen LogP contribution in [0.3, 0.4) is 0 Å². The van der Waals surface area contributed by atoms with Crippen LogP contribution >= 0.6 is 23.5 Å². The molecule has 0 bridgehead atoms. The van der Waals surface area contributed by atoms with E-state index in [2.05, 4.69) is 11.9 Å². The zero-order valence-electron chi connectivity index (χ0n) is 11.0. The van der Waals surface area contributed by atoms with Crippen molar-refractivity contribution in [3.05, 3.63) is 18.2 Å². The maximum Gasteiger partial charge on any atom is 0.147 e. The van der Waals surface area contributed by atoms with Crippen molar-refractivity contribution >= 4 is 29.3 Å². The van der Waals surface area contributed by atoms with Crippen LogP contribution in [-0.4, -0.2) is 37.3 Å². The van der Waals surface area contributed by atoms with Crippen molar-refractivity contribution < 1.29 is 4.79 Å². The number of aromatic nitrogens is 2. The van der Waals surface area contributed by atoms with Gasteiger partial charge in [0.25, 0.3) is 0 Å². The number of rotatable bonds is 5. The minimum Gasteiger partial charge on any atom is -0.338 e. The number of aryl methyl sites for hydroxylation is 2. The predicted molar refractivity (Wildman–Crippen MR) is 79.3 cm³/mol. The van der Waals surface area contributed by atoms with Crippen LogP contribution in [0.2, 0.25) is 0 Å². The van der Waals surface area contributed by atoms with Gasteiger partial charge in [-0.3, -0.25) is 4.79 Å². The van der Waals surface area contributed by atoms with Gasteiger partial charge in [-0.25, -0.2) is 4.98 Å². The van der Waals surface area contributed by atoms with Crippen LogP contribution < -0.4 is 0 Å². The number of Topliss-reactive ketones (excluding diaryl/α,β-unsaturated/α-hetero) is 1. The zero-order chi connectivity index (χ0) is 13.0. The van der Waals surface area contributed by atoms with Crippen LogP contribution in [0.15, 0.2) is 12.4 Å². The molecule has 2 atom stereocenters. The van der Waals surface area contributed by atoms with Crippen molar-refractivity contribution in [1.82, 2.24) is 9.55 Å². The summed E-state index contributed by atoms with van der Waals surface area (Å²) in [6, 6.07) is 0. The highest BCUT2D eigenvalue weighted by Gasteiger charge is 2.30. The summed E-state index contributed by atoms with van der Waals surface area (Å²) in [6.45, 7) is 2.18. The van der Waals surface area contributed by atoms with Crippen LogP contribution in [-0.2, 0) is 18.3 Å². The lowest BCUT2D eigenvalue weighted by Gasteiger charge is -2.28. The van der Waals surface area contributed by atoms with Gasteiger partial charge in [0.1, 0.15) is 11.6 Å². The molecule has 2 unspecified atom stereocenters. The van der Waals surface area contributed by atoms with E-state index in [1.165, 1.54) is 5.75 Å². The molecule has 1 fully saturated rings. The van der Waals surface area contributed by atoms with E-state index in [9.17, 15) is 4.79 Å². The van der Waals surface area contributed by atoms with Gasteiger partial charge in [0.05, 0.1) is 5.25 Å². The van der Waals surface area contributed by atoms with E-state index in [0.717, 1.165) is 24.4 Å². The Morgan fingerprint density at radius 3 is 2.94 bits per heavy atom. The summed E-state index contributed by atoms with van der Waals surface area (Å²) in [4.78, 5) is 16.6. The fraction of sp³-hybridized carbons (Fsp3) is 0.692. The van der Waals surface area contributed by atoms with Gasteiger partial charge in [-0.15, -0.1) is 11.8 Å². The molecule has 0 radical (unpaired) electrons. The second-order valence-corrected chi connectivity index (χ2v) is 7.13. The Hall–Kier alpha value is -0.420. The lowest BCUT2D eigenvalue weighted by atomic mass is 10.1. The second-order valence-electron chi connectivity index (χ2n) is 4.53. The first-order valence-corrected chi connectivity index (χ1v) is 8.54. The van der Waals surface area contributed by atoms with Crippen LogP contribution in [0.5, 0.6) is 0 Å². The van der Waals surface area contributed by atoms with Crippen molar-refractivity contribution in [2.24, 2.45) is 7.05 Å². The molecular formula is C13H20N2OS2. The third-order valence-corrected chi connectivity index (χ3v) is 6.58. The fourth-order valence-corrected chi connectivity index (χ4v) is 5.29. The Balaban J connectivity index is 1.89. The summed E-state index contributed by atoms with van der Waals surface area (Å²) in [6.07, 6.45) is 6.20. The minimum absolute atomic E-state index is 0.203. The molecule has 2 heterocycles. The standard InChI is InChI=1S/C13H20N2OS2/c1-3-11-13(18-9-8-17-11)10(16)4-5-12-14-6-7-15(12)2/h6-7,11,13H,3-5,8-9H2,1-2H3. The maximum atomic E-state index is 12.3. The Bertz CT molecular complexity index is 405. The molecule has 1 aromatic heterocycles. The molecule has 1 saturated heterocycles. The molecule has 3 nitrogen and oxygen atoms in total. The third-order valence-electron chi connectivity index (χ3n) is 3.29. The largest absolute Gasteiger partial charge is 0.338 e. The van der Waals surface area contributed by atoms with Crippen LogP contribution in [0.1, 0.15) is 25.6 Å². The summed E-state index contributed by atoms with van der Waals surface area (Å²) in [7, 11) is 1.98. The molecule has 2 rings (SSSR count). The third kappa shape index (κ3) is 3.32. The van der Waals surface area contributed by atoms with Crippen molar-refractivity contribution in [3.8, 4) is 0 Å². The minimum atomic E-state index is 0.203.